The van der Waals surface area contributed by atoms with Crippen molar-refractivity contribution in [1.82, 2.24) is 9.97 Å². The molecule has 0 aliphatic rings. The molecule has 0 saturated carbocycles. The molecular formula is C11H17ClN2O. The third-order valence-corrected chi connectivity index (χ3v) is 2.29. The molecule has 3 nitrogen and oxygen atoms in total. The quantitative estimate of drug-likeness (QED) is 0.743. The largest absolute Gasteiger partial charge is 0.374 e. The highest BCUT2D eigenvalue weighted by Crippen LogP contribution is 2.16. The minimum atomic E-state index is -0.116. The summed E-state index contributed by atoms with van der Waals surface area (Å²) in [5, 5.41) is 0.486. The van der Waals surface area contributed by atoms with E-state index in [9.17, 15) is 0 Å². The highest BCUT2D eigenvalue weighted by atomic mass is 35.5. The molecule has 0 aliphatic carbocycles. The summed E-state index contributed by atoms with van der Waals surface area (Å²) in [6.07, 6.45) is 0.792. The van der Waals surface area contributed by atoms with Crippen molar-refractivity contribution in [3.8, 4) is 0 Å². The molecule has 0 spiro atoms. The van der Waals surface area contributed by atoms with Crippen LogP contribution in [0.15, 0.2) is 6.07 Å². The van der Waals surface area contributed by atoms with Crippen molar-refractivity contribution in [3.63, 3.8) is 0 Å². The van der Waals surface area contributed by atoms with Crippen molar-refractivity contribution >= 4 is 11.6 Å². The molecule has 0 bridgehead atoms. The van der Waals surface area contributed by atoms with Gasteiger partial charge in [-0.25, -0.2) is 9.97 Å². The van der Waals surface area contributed by atoms with Crippen LogP contribution < -0.4 is 0 Å². The molecular weight excluding hydrogens is 212 g/mol. The van der Waals surface area contributed by atoms with Gasteiger partial charge in [0.1, 0.15) is 11.3 Å². The predicted octanol–water partition coefficient (Wildman–Crippen LogP) is 3.04. The smallest absolute Gasteiger partial charge is 0.158 e. The van der Waals surface area contributed by atoms with Crippen LogP contribution in [0.4, 0.5) is 0 Å². The lowest BCUT2D eigenvalue weighted by Gasteiger charge is -2.11. The number of hydrogen-bond donors (Lipinski definition) is 0. The molecule has 0 amide bonds. The van der Waals surface area contributed by atoms with Crippen LogP contribution in [0, 0.1) is 5.92 Å². The van der Waals surface area contributed by atoms with Gasteiger partial charge < -0.3 is 4.74 Å². The normalized spacial score (nSPS) is 13.2. The predicted molar refractivity (Wildman–Crippen MR) is 61.0 cm³/mol. The first kappa shape index (κ1) is 12.4. The first-order valence-corrected chi connectivity index (χ1v) is 5.47. The first-order chi connectivity index (χ1) is 7.02. The summed E-state index contributed by atoms with van der Waals surface area (Å²) in [4.78, 5) is 8.57. The number of ether oxygens (including phenoxy) is 1. The lowest BCUT2D eigenvalue weighted by molar-refractivity contribution is 0.112. The number of halogens is 1. The van der Waals surface area contributed by atoms with Crippen LogP contribution in [0.25, 0.3) is 0 Å². The summed E-state index contributed by atoms with van der Waals surface area (Å²) in [6, 6.07) is 1.81. The fourth-order valence-electron chi connectivity index (χ4n) is 1.29. The number of hydrogen-bond acceptors (Lipinski definition) is 3. The van der Waals surface area contributed by atoms with Crippen molar-refractivity contribution in [2.24, 2.45) is 5.92 Å². The monoisotopic (exact) mass is 228 g/mol. The summed E-state index contributed by atoms with van der Waals surface area (Å²) in [6.45, 7) is 6.20. The van der Waals surface area contributed by atoms with Crippen molar-refractivity contribution in [3.05, 3.63) is 22.7 Å². The van der Waals surface area contributed by atoms with E-state index in [4.69, 9.17) is 16.3 Å². The Morgan fingerprint density at radius 1 is 1.33 bits per heavy atom. The zero-order chi connectivity index (χ0) is 11.4. The average Bonchev–Trinajstić information content (AvgIpc) is 2.14. The molecule has 0 fully saturated rings. The van der Waals surface area contributed by atoms with Gasteiger partial charge in [0, 0.05) is 12.8 Å². The standard InChI is InChI=1S/C11H17ClN2O/c1-7(2)5-9-6-10(12)14-11(13-9)8(3)15-4/h6-8H,5H2,1-4H3. The molecule has 0 saturated heterocycles. The van der Waals surface area contributed by atoms with Gasteiger partial charge in [-0.2, -0.15) is 0 Å². The van der Waals surface area contributed by atoms with Gasteiger partial charge in [0.05, 0.1) is 0 Å². The van der Waals surface area contributed by atoms with Crippen LogP contribution in [-0.2, 0) is 11.2 Å². The molecule has 1 atom stereocenters. The van der Waals surface area contributed by atoms with Gasteiger partial charge in [0.2, 0.25) is 0 Å². The maximum Gasteiger partial charge on any atom is 0.158 e. The van der Waals surface area contributed by atoms with E-state index in [0.717, 1.165) is 12.1 Å². The molecule has 4 heteroatoms. The van der Waals surface area contributed by atoms with Crippen LogP contribution in [0.3, 0.4) is 0 Å². The Labute approximate surface area is 95.8 Å². The molecule has 0 radical (unpaired) electrons. The van der Waals surface area contributed by atoms with Crippen molar-refractivity contribution in [2.45, 2.75) is 33.3 Å². The zero-order valence-corrected chi connectivity index (χ0v) is 10.4. The molecule has 0 N–H and O–H groups in total. The summed E-state index contributed by atoms with van der Waals surface area (Å²) >= 11 is 5.93. The van der Waals surface area contributed by atoms with E-state index >= 15 is 0 Å². The Morgan fingerprint density at radius 3 is 2.53 bits per heavy atom. The van der Waals surface area contributed by atoms with Gasteiger partial charge >= 0.3 is 0 Å². The van der Waals surface area contributed by atoms with Crippen LogP contribution in [0.5, 0.6) is 0 Å². The fourth-order valence-corrected chi connectivity index (χ4v) is 1.51. The van der Waals surface area contributed by atoms with E-state index in [0.29, 0.717) is 16.9 Å². The van der Waals surface area contributed by atoms with E-state index in [1.54, 1.807) is 7.11 Å². The zero-order valence-electron chi connectivity index (χ0n) is 9.62. The molecule has 15 heavy (non-hydrogen) atoms. The Morgan fingerprint density at radius 2 is 2.00 bits per heavy atom. The number of nitrogens with zero attached hydrogens (tertiary/aromatic N) is 2. The third-order valence-electron chi connectivity index (χ3n) is 2.10. The van der Waals surface area contributed by atoms with Gasteiger partial charge in [-0.15, -0.1) is 0 Å². The van der Waals surface area contributed by atoms with E-state index in [-0.39, 0.29) is 6.10 Å². The molecule has 1 aromatic rings. The SMILES string of the molecule is COC(C)c1nc(Cl)cc(CC(C)C)n1. The molecule has 0 aliphatic heterocycles. The van der Waals surface area contributed by atoms with Crippen molar-refractivity contribution in [2.75, 3.05) is 7.11 Å². The van der Waals surface area contributed by atoms with Crippen LogP contribution in [0.1, 0.15) is 38.4 Å². The van der Waals surface area contributed by atoms with Crippen LogP contribution >= 0.6 is 11.6 Å². The van der Waals surface area contributed by atoms with Gasteiger partial charge in [-0.05, 0) is 25.3 Å². The minimum Gasteiger partial charge on any atom is -0.374 e. The second kappa shape index (κ2) is 5.42. The molecule has 84 valence electrons. The van der Waals surface area contributed by atoms with Crippen LogP contribution in [-0.4, -0.2) is 17.1 Å². The summed E-state index contributed by atoms with van der Waals surface area (Å²) < 4.78 is 5.17. The van der Waals surface area contributed by atoms with Gasteiger partial charge in [0.25, 0.3) is 0 Å². The van der Waals surface area contributed by atoms with E-state index in [2.05, 4.69) is 23.8 Å². The maximum absolute atomic E-state index is 5.93. The lowest BCUT2D eigenvalue weighted by Crippen LogP contribution is -2.07. The van der Waals surface area contributed by atoms with Crippen LogP contribution in [0.2, 0.25) is 5.15 Å². The van der Waals surface area contributed by atoms with Gasteiger partial charge in [-0.1, -0.05) is 25.4 Å². The average molecular weight is 229 g/mol. The Kier molecular flexibility index (Phi) is 4.48. The van der Waals surface area contributed by atoms with E-state index in [1.807, 2.05) is 13.0 Å². The molecule has 1 heterocycles. The van der Waals surface area contributed by atoms with Gasteiger partial charge in [0.15, 0.2) is 5.82 Å². The second-order valence-corrected chi connectivity index (χ2v) is 4.40. The topological polar surface area (TPSA) is 35.0 Å². The van der Waals surface area contributed by atoms with Gasteiger partial charge in [-0.3, -0.25) is 0 Å². The Bertz CT molecular complexity index is 328. The highest BCUT2D eigenvalue weighted by Gasteiger charge is 2.10. The summed E-state index contributed by atoms with van der Waals surface area (Å²) in [7, 11) is 1.64. The van der Waals surface area contributed by atoms with E-state index < -0.39 is 0 Å². The van der Waals surface area contributed by atoms with Crippen molar-refractivity contribution in [1.29, 1.82) is 0 Å². The molecule has 1 rings (SSSR count). The fraction of sp³-hybridized carbons (Fsp3) is 0.636. The number of methoxy groups -OCH3 is 1. The summed E-state index contributed by atoms with van der Waals surface area (Å²) in [5.41, 5.74) is 0.976. The maximum atomic E-state index is 5.93. The number of rotatable bonds is 4. The lowest BCUT2D eigenvalue weighted by atomic mass is 10.1. The van der Waals surface area contributed by atoms with E-state index in [1.165, 1.54) is 0 Å². The third kappa shape index (κ3) is 3.76. The minimum absolute atomic E-state index is 0.116. The Hall–Kier alpha value is -0.670. The molecule has 1 aromatic heterocycles. The summed E-state index contributed by atoms with van der Waals surface area (Å²) in [5.74, 6) is 1.21. The first-order valence-electron chi connectivity index (χ1n) is 5.09. The number of aromatic nitrogens is 2. The van der Waals surface area contributed by atoms with Crippen molar-refractivity contribution < 1.29 is 4.74 Å². The highest BCUT2D eigenvalue weighted by molar-refractivity contribution is 6.29. The molecule has 0 aromatic carbocycles. The molecule has 1 unspecified atom stereocenters. The second-order valence-electron chi connectivity index (χ2n) is 4.02. The Balaban J connectivity index is 2.94.